The van der Waals surface area contributed by atoms with E-state index in [4.69, 9.17) is 9.15 Å². The Labute approximate surface area is 212 Å². The predicted molar refractivity (Wildman–Crippen MR) is 138 cm³/mol. The summed E-state index contributed by atoms with van der Waals surface area (Å²) < 4.78 is 11.5. The van der Waals surface area contributed by atoms with Gasteiger partial charge >= 0.3 is 0 Å². The highest BCUT2D eigenvalue weighted by atomic mass is 32.1. The molecule has 0 saturated heterocycles. The van der Waals surface area contributed by atoms with Crippen molar-refractivity contribution in [2.45, 2.75) is 26.8 Å². The summed E-state index contributed by atoms with van der Waals surface area (Å²) in [5, 5.41) is 11.7. The predicted octanol–water partition coefficient (Wildman–Crippen LogP) is 6.20. The third-order valence-electron chi connectivity index (χ3n) is 5.91. The lowest BCUT2D eigenvalue weighted by molar-refractivity contribution is -0.117. The summed E-state index contributed by atoms with van der Waals surface area (Å²) in [4.78, 5) is 33.6. The molecular weight excluding hydrogens is 476 g/mol. The average Bonchev–Trinajstić information content (AvgIpc) is 3.56. The Morgan fingerprint density at radius 1 is 1.11 bits per heavy atom. The van der Waals surface area contributed by atoms with Crippen molar-refractivity contribution in [3.05, 3.63) is 100 Å². The molecule has 0 bridgehead atoms. The van der Waals surface area contributed by atoms with E-state index in [-0.39, 0.29) is 5.57 Å². The van der Waals surface area contributed by atoms with E-state index >= 15 is 0 Å². The molecule has 0 aliphatic carbocycles. The molecule has 8 heteroatoms. The minimum absolute atomic E-state index is 0.0393. The van der Waals surface area contributed by atoms with Gasteiger partial charge in [-0.1, -0.05) is 36.4 Å². The van der Waals surface area contributed by atoms with Gasteiger partial charge in [-0.3, -0.25) is 14.5 Å². The van der Waals surface area contributed by atoms with Crippen LogP contribution in [0.5, 0.6) is 5.75 Å². The van der Waals surface area contributed by atoms with Crippen molar-refractivity contribution in [1.29, 1.82) is 0 Å². The smallest absolute Gasteiger partial charge is 0.294 e. The number of anilines is 1. The fourth-order valence-corrected chi connectivity index (χ4v) is 5.32. The number of aryl methyl sites for hydroxylation is 2. The molecule has 2 aromatic carbocycles. The summed E-state index contributed by atoms with van der Waals surface area (Å²) >= 11 is 1.23. The molecule has 0 fully saturated rings. The number of rotatable bonds is 7. The molecule has 1 atom stereocenters. The van der Waals surface area contributed by atoms with Crippen LogP contribution in [0.3, 0.4) is 0 Å². The number of ether oxygens (including phenoxy) is 1. The zero-order valence-electron chi connectivity index (χ0n) is 20.0. The van der Waals surface area contributed by atoms with E-state index in [1.807, 2.05) is 37.3 Å². The van der Waals surface area contributed by atoms with E-state index in [9.17, 15) is 14.7 Å². The Kier molecular flexibility index (Phi) is 6.20. The van der Waals surface area contributed by atoms with Crippen LogP contribution in [-0.4, -0.2) is 28.4 Å². The number of nitrogens with zero attached hydrogens (tertiary/aromatic N) is 2. The van der Waals surface area contributed by atoms with Gasteiger partial charge in [0.05, 0.1) is 22.8 Å². The highest BCUT2D eigenvalue weighted by Gasteiger charge is 2.47. The fourth-order valence-electron chi connectivity index (χ4n) is 4.30. The van der Waals surface area contributed by atoms with Crippen LogP contribution in [0.2, 0.25) is 0 Å². The Morgan fingerprint density at radius 2 is 1.89 bits per heavy atom. The van der Waals surface area contributed by atoms with Crippen LogP contribution in [-0.2, 0) is 4.79 Å². The maximum Gasteiger partial charge on any atom is 0.294 e. The standard InChI is InChI=1S/C28H24N2O5S/c1-4-34-20-12-8-11-19(15-20)30-23(21-14-13-16(2)35-21)22(25(32)28(30)33)24(31)26-17(3)29-27(36-26)18-9-6-5-7-10-18/h5-15,23,32H,4H2,1-3H3. The van der Waals surface area contributed by atoms with Crippen LogP contribution in [0.1, 0.15) is 39.9 Å². The lowest BCUT2D eigenvalue weighted by Crippen LogP contribution is -2.30. The summed E-state index contributed by atoms with van der Waals surface area (Å²) in [6, 6.07) is 19.1. The molecule has 1 N–H and O–H groups in total. The van der Waals surface area contributed by atoms with E-state index in [1.54, 1.807) is 50.2 Å². The van der Waals surface area contributed by atoms with E-state index in [0.29, 0.717) is 45.1 Å². The molecule has 1 unspecified atom stereocenters. The van der Waals surface area contributed by atoms with E-state index in [2.05, 4.69) is 4.98 Å². The maximum absolute atomic E-state index is 13.9. The number of ketones is 1. The molecule has 1 aliphatic heterocycles. The average molecular weight is 501 g/mol. The molecule has 0 spiro atoms. The Morgan fingerprint density at radius 3 is 2.58 bits per heavy atom. The summed E-state index contributed by atoms with van der Waals surface area (Å²) in [5.41, 5.74) is 1.86. The van der Waals surface area contributed by atoms with Crippen LogP contribution >= 0.6 is 11.3 Å². The molecule has 0 radical (unpaired) electrons. The molecule has 2 aromatic heterocycles. The molecule has 4 aromatic rings. The number of carbonyl (C=O) groups is 2. The molecule has 0 saturated carbocycles. The van der Waals surface area contributed by atoms with Gasteiger partial charge in [0, 0.05) is 17.3 Å². The second-order valence-corrected chi connectivity index (χ2v) is 9.35. The van der Waals surface area contributed by atoms with Gasteiger partial charge in [0.2, 0.25) is 5.78 Å². The van der Waals surface area contributed by atoms with Crippen molar-refractivity contribution in [1.82, 2.24) is 4.98 Å². The van der Waals surface area contributed by atoms with Gasteiger partial charge < -0.3 is 14.3 Å². The molecular formula is C28H24N2O5S. The summed E-state index contributed by atoms with van der Waals surface area (Å²) in [7, 11) is 0. The lowest BCUT2D eigenvalue weighted by Gasteiger charge is -2.25. The van der Waals surface area contributed by atoms with E-state index in [0.717, 1.165) is 5.56 Å². The number of thiazole rings is 1. The monoisotopic (exact) mass is 500 g/mol. The second-order valence-electron chi connectivity index (χ2n) is 8.35. The van der Waals surface area contributed by atoms with Crippen molar-refractivity contribution in [3.63, 3.8) is 0 Å². The molecule has 5 rings (SSSR count). The van der Waals surface area contributed by atoms with Gasteiger partial charge in [0.15, 0.2) is 5.76 Å². The third-order valence-corrected chi connectivity index (χ3v) is 7.12. The largest absolute Gasteiger partial charge is 0.503 e. The van der Waals surface area contributed by atoms with Crippen molar-refractivity contribution in [3.8, 4) is 16.3 Å². The van der Waals surface area contributed by atoms with Gasteiger partial charge in [0.25, 0.3) is 5.91 Å². The molecule has 7 nitrogen and oxygen atoms in total. The lowest BCUT2D eigenvalue weighted by atomic mass is 9.99. The second kappa shape index (κ2) is 9.47. The quantitative estimate of drug-likeness (QED) is 0.304. The normalized spacial score (nSPS) is 15.6. The Bertz CT molecular complexity index is 1480. The van der Waals surface area contributed by atoms with Crippen LogP contribution in [0.4, 0.5) is 5.69 Å². The fraction of sp³-hybridized carbons (Fsp3) is 0.179. The number of furan rings is 1. The number of aromatic nitrogens is 1. The van der Waals surface area contributed by atoms with Gasteiger partial charge in [-0.05, 0) is 45.0 Å². The number of amides is 1. The van der Waals surface area contributed by atoms with Crippen LogP contribution in [0.15, 0.2) is 82.5 Å². The van der Waals surface area contributed by atoms with Gasteiger partial charge in [-0.2, -0.15) is 0 Å². The summed E-state index contributed by atoms with van der Waals surface area (Å²) in [6.45, 7) is 5.86. The first kappa shape index (κ1) is 23.6. The van der Waals surface area contributed by atoms with Crippen LogP contribution < -0.4 is 9.64 Å². The topological polar surface area (TPSA) is 92.9 Å². The summed E-state index contributed by atoms with van der Waals surface area (Å²) in [5.74, 6) is -0.172. The van der Waals surface area contributed by atoms with Crippen LogP contribution in [0, 0.1) is 13.8 Å². The number of benzene rings is 2. The number of carbonyl (C=O) groups excluding carboxylic acids is 2. The number of aliphatic hydroxyl groups is 1. The molecule has 1 aliphatic rings. The zero-order valence-corrected chi connectivity index (χ0v) is 20.8. The molecule has 3 heterocycles. The number of hydrogen-bond donors (Lipinski definition) is 1. The number of aliphatic hydroxyl groups excluding tert-OH is 1. The van der Waals surface area contributed by atoms with E-state index in [1.165, 1.54) is 16.2 Å². The highest BCUT2D eigenvalue weighted by Crippen LogP contribution is 2.44. The third kappa shape index (κ3) is 4.09. The van der Waals surface area contributed by atoms with Gasteiger partial charge in [-0.15, -0.1) is 11.3 Å². The zero-order chi connectivity index (χ0) is 25.4. The van der Waals surface area contributed by atoms with Crippen molar-refractivity contribution >= 4 is 28.7 Å². The minimum Gasteiger partial charge on any atom is -0.503 e. The Hall–Kier alpha value is -4.17. The SMILES string of the molecule is CCOc1cccc(N2C(=O)C(O)=C(C(=O)c3sc(-c4ccccc4)nc3C)C2c2ccc(C)o2)c1. The Balaban J connectivity index is 1.61. The first-order valence-electron chi connectivity index (χ1n) is 11.5. The van der Waals surface area contributed by atoms with Crippen LogP contribution in [0.25, 0.3) is 10.6 Å². The minimum atomic E-state index is -0.947. The molecule has 1 amide bonds. The first-order valence-corrected chi connectivity index (χ1v) is 12.3. The highest BCUT2D eigenvalue weighted by molar-refractivity contribution is 7.17. The maximum atomic E-state index is 13.9. The van der Waals surface area contributed by atoms with E-state index < -0.39 is 23.5 Å². The van der Waals surface area contributed by atoms with Crippen molar-refractivity contribution in [2.75, 3.05) is 11.5 Å². The van der Waals surface area contributed by atoms with Gasteiger partial charge in [0.1, 0.15) is 28.3 Å². The molecule has 36 heavy (non-hydrogen) atoms. The summed E-state index contributed by atoms with van der Waals surface area (Å²) in [6.07, 6.45) is 0. The van der Waals surface area contributed by atoms with Crippen molar-refractivity contribution < 1.29 is 23.8 Å². The number of hydrogen-bond acceptors (Lipinski definition) is 7. The number of Topliss-reactive ketones (excluding diaryl/α,β-unsaturated/α-hetero) is 1. The first-order chi connectivity index (χ1) is 17.4. The molecule has 182 valence electrons. The van der Waals surface area contributed by atoms with Gasteiger partial charge in [-0.25, -0.2) is 4.98 Å². The van der Waals surface area contributed by atoms with Crippen molar-refractivity contribution in [2.24, 2.45) is 0 Å².